The average Bonchev–Trinajstić information content (AvgIpc) is 2.29. The van der Waals surface area contributed by atoms with E-state index in [1.165, 1.54) is 12.1 Å². The van der Waals surface area contributed by atoms with E-state index in [-0.39, 0.29) is 18.8 Å². The maximum atomic E-state index is 13.4. The summed E-state index contributed by atoms with van der Waals surface area (Å²) < 4.78 is 13.4. The zero-order valence-corrected chi connectivity index (χ0v) is 9.42. The molecule has 1 aromatic rings. The highest BCUT2D eigenvalue weighted by molar-refractivity contribution is 5.94. The lowest BCUT2D eigenvalue weighted by molar-refractivity contribution is -0.123. The van der Waals surface area contributed by atoms with Crippen LogP contribution in [0.5, 0.6) is 0 Å². The number of carbonyl (C=O) groups excluding carboxylic acids is 2. The summed E-state index contributed by atoms with van der Waals surface area (Å²) in [6.45, 7) is 1.33. The quantitative estimate of drug-likeness (QED) is 0.699. The number of hydrogen-bond donors (Lipinski definition) is 3. The molecule has 0 aromatic heterocycles. The van der Waals surface area contributed by atoms with Crippen molar-refractivity contribution in [3.63, 3.8) is 0 Å². The molecule has 0 saturated carbocycles. The van der Waals surface area contributed by atoms with E-state index in [2.05, 4.69) is 10.6 Å². The van der Waals surface area contributed by atoms with Crippen LogP contribution in [0.4, 0.5) is 10.1 Å². The summed E-state index contributed by atoms with van der Waals surface area (Å²) in [5.41, 5.74) is 5.89. The van der Waals surface area contributed by atoms with E-state index in [9.17, 15) is 14.0 Å². The van der Waals surface area contributed by atoms with Crippen molar-refractivity contribution >= 4 is 17.5 Å². The number of benzene rings is 1. The molecule has 17 heavy (non-hydrogen) atoms. The van der Waals surface area contributed by atoms with Gasteiger partial charge in [-0.05, 0) is 24.6 Å². The molecule has 0 unspecified atom stereocenters. The second-order valence-electron chi connectivity index (χ2n) is 3.51. The van der Waals surface area contributed by atoms with Gasteiger partial charge in [-0.2, -0.15) is 0 Å². The first-order valence-corrected chi connectivity index (χ1v) is 5.05. The van der Waals surface area contributed by atoms with Gasteiger partial charge in [0.25, 0.3) is 0 Å². The first-order valence-electron chi connectivity index (χ1n) is 5.05. The molecule has 0 aliphatic rings. The molecule has 92 valence electrons. The molecule has 4 N–H and O–H groups in total. The Balaban J connectivity index is 2.53. The van der Waals surface area contributed by atoms with Crippen LogP contribution in [0.3, 0.4) is 0 Å². The van der Waals surface area contributed by atoms with Gasteiger partial charge in [-0.25, -0.2) is 4.39 Å². The van der Waals surface area contributed by atoms with Gasteiger partial charge in [-0.15, -0.1) is 0 Å². The smallest absolute Gasteiger partial charge is 0.243 e. The predicted octanol–water partition coefficient (Wildman–Crippen LogP) is 0.148. The number of anilines is 1. The van der Waals surface area contributed by atoms with Gasteiger partial charge < -0.3 is 16.4 Å². The van der Waals surface area contributed by atoms with Gasteiger partial charge in [0, 0.05) is 0 Å². The van der Waals surface area contributed by atoms with Crippen LogP contribution >= 0.6 is 0 Å². The maximum Gasteiger partial charge on any atom is 0.243 e. The number of halogens is 1. The number of carbonyl (C=O) groups is 2. The third-order valence-corrected chi connectivity index (χ3v) is 2.03. The SMILES string of the molecule is Cc1ccc(NC(=O)CNC(=O)CN)c(F)c1. The van der Waals surface area contributed by atoms with Gasteiger partial charge in [0.2, 0.25) is 11.8 Å². The fraction of sp³-hybridized carbons (Fsp3) is 0.273. The Hall–Kier alpha value is -1.95. The van der Waals surface area contributed by atoms with E-state index < -0.39 is 17.6 Å². The predicted molar refractivity (Wildman–Crippen MR) is 61.8 cm³/mol. The summed E-state index contributed by atoms with van der Waals surface area (Å²) in [6.07, 6.45) is 0. The van der Waals surface area contributed by atoms with Crippen LogP contribution in [0, 0.1) is 12.7 Å². The fourth-order valence-corrected chi connectivity index (χ4v) is 1.17. The number of aryl methyl sites for hydroxylation is 1. The Morgan fingerprint density at radius 2 is 2.06 bits per heavy atom. The van der Waals surface area contributed by atoms with Crippen LogP contribution in [-0.4, -0.2) is 24.9 Å². The van der Waals surface area contributed by atoms with Crippen LogP contribution in [0.1, 0.15) is 5.56 Å². The lowest BCUT2D eigenvalue weighted by Gasteiger charge is -2.07. The van der Waals surface area contributed by atoms with Crippen molar-refractivity contribution in [1.82, 2.24) is 5.32 Å². The van der Waals surface area contributed by atoms with Gasteiger partial charge in [0.05, 0.1) is 18.8 Å². The normalized spacial score (nSPS) is 9.82. The molecule has 0 spiro atoms. The second kappa shape index (κ2) is 5.95. The topological polar surface area (TPSA) is 84.2 Å². The average molecular weight is 239 g/mol. The lowest BCUT2D eigenvalue weighted by atomic mass is 10.2. The summed E-state index contributed by atoms with van der Waals surface area (Å²) in [4.78, 5) is 22.1. The molecule has 0 aliphatic carbocycles. The van der Waals surface area contributed by atoms with Crippen molar-refractivity contribution in [3.8, 4) is 0 Å². The first kappa shape index (κ1) is 13.1. The van der Waals surface area contributed by atoms with Gasteiger partial charge in [0.15, 0.2) is 0 Å². The van der Waals surface area contributed by atoms with Gasteiger partial charge in [0.1, 0.15) is 5.82 Å². The lowest BCUT2D eigenvalue weighted by Crippen LogP contribution is -2.36. The highest BCUT2D eigenvalue weighted by Crippen LogP contribution is 2.14. The molecular formula is C11H14FN3O2. The molecule has 5 nitrogen and oxygen atoms in total. The molecule has 1 aromatic carbocycles. The van der Waals surface area contributed by atoms with E-state index in [1.54, 1.807) is 13.0 Å². The van der Waals surface area contributed by atoms with E-state index in [1.807, 2.05) is 0 Å². The Morgan fingerprint density at radius 1 is 1.35 bits per heavy atom. The Morgan fingerprint density at radius 3 is 2.65 bits per heavy atom. The van der Waals surface area contributed by atoms with Crippen molar-refractivity contribution in [2.75, 3.05) is 18.4 Å². The zero-order chi connectivity index (χ0) is 12.8. The summed E-state index contributed by atoms with van der Waals surface area (Å²) in [6, 6.07) is 4.46. The molecule has 6 heteroatoms. The molecule has 0 fully saturated rings. The third-order valence-electron chi connectivity index (χ3n) is 2.03. The number of hydrogen-bond acceptors (Lipinski definition) is 3. The van der Waals surface area contributed by atoms with E-state index in [0.717, 1.165) is 5.56 Å². The standard InChI is InChI=1S/C11H14FN3O2/c1-7-2-3-9(8(12)4-7)15-11(17)6-14-10(16)5-13/h2-4H,5-6,13H2,1H3,(H,14,16)(H,15,17). The second-order valence-corrected chi connectivity index (χ2v) is 3.51. The number of rotatable bonds is 4. The van der Waals surface area contributed by atoms with Crippen molar-refractivity contribution in [1.29, 1.82) is 0 Å². The summed E-state index contributed by atoms with van der Waals surface area (Å²) >= 11 is 0. The van der Waals surface area contributed by atoms with Crippen molar-refractivity contribution < 1.29 is 14.0 Å². The van der Waals surface area contributed by atoms with Gasteiger partial charge in [-0.3, -0.25) is 9.59 Å². The van der Waals surface area contributed by atoms with Crippen LogP contribution in [0.2, 0.25) is 0 Å². The molecule has 2 amide bonds. The molecule has 0 saturated heterocycles. The fourth-order valence-electron chi connectivity index (χ4n) is 1.17. The highest BCUT2D eigenvalue weighted by atomic mass is 19.1. The highest BCUT2D eigenvalue weighted by Gasteiger charge is 2.07. The zero-order valence-electron chi connectivity index (χ0n) is 9.42. The molecule has 1 rings (SSSR count). The summed E-state index contributed by atoms with van der Waals surface area (Å²) in [7, 11) is 0. The molecule has 0 bridgehead atoms. The Bertz CT molecular complexity index is 435. The molecule has 0 aliphatic heterocycles. The first-order chi connectivity index (χ1) is 8.02. The van der Waals surface area contributed by atoms with Crippen LogP contribution in [-0.2, 0) is 9.59 Å². The van der Waals surface area contributed by atoms with Crippen LogP contribution in [0.25, 0.3) is 0 Å². The molecular weight excluding hydrogens is 225 g/mol. The minimum atomic E-state index is -0.511. The molecule has 0 atom stereocenters. The molecule has 0 radical (unpaired) electrons. The van der Waals surface area contributed by atoms with Gasteiger partial charge >= 0.3 is 0 Å². The van der Waals surface area contributed by atoms with Crippen LogP contribution < -0.4 is 16.4 Å². The molecule has 0 heterocycles. The van der Waals surface area contributed by atoms with Crippen molar-refractivity contribution in [2.24, 2.45) is 5.73 Å². The van der Waals surface area contributed by atoms with Crippen LogP contribution in [0.15, 0.2) is 18.2 Å². The number of nitrogens with one attached hydrogen (secondary N) is 2. The Labute approximate surface area is 98.2 Å². The summed E-state index contributed by atoms with van der Waals surface area (Å²) in [5.74, 6) is -1.46. The largest absolute Gasteiger partial charge is 0.346 e. The third kappa shape index (κ3) is 4.20. The van der Waals surface area contributed by atoms with E-state index >= 15 is 0 Å². The van der Waals surface area contributed by atoms with Crippen molar-refractivity contribution in [3.05, 3.63) is 29.6 Å². The minimum absolute atomic E-state index is 0.0857. The minimum Gasteiger partial charge on any atom is -0.346 e. The summed E-state index contributed by atoms with van der Waals surface area (Å²) in [5, 5.41) is 4.63. The number of amides is 2. The van der Waals surface area contributed by atoms with E-state index in [0.29, 0.717) is 0 Å². The number of nitrogens with two attached hydrogens (primary N) is 1. The van der Waals surface area contributed by atoms with Crippen molar-refractivity contribution in [2.45, 2.75) is 6.92 Å². The monoisotopic (exact) mass is 239 g/mol. The Kier molecular flexibility index (Phi) is 4.59. The van der Waals surface area contributed by atoms with E-state index in [4.69, 9.17) is 5.73 Å². The maximum absolute atomic E-state index is 13.4. The van der Waals surface area contributed by atoms with Gasteiger partial charge in [-0.1, -0.05) is 6.07 Å².